The highest BCUT2D eigenvalue weighted by Gasteiger charge is 2.10. The molecule has 0 atom stereocenters. The number of thioether (sulfide) groups is 1. The minimum Gasteiger partial charge on any atom is -0.207 e. The van der Waals surface area contributed by atoms with Crippen molar-refractivity contribution in [1.82, 2.24) is 0 Å². The Balaban J connectivity index is 1.75. The van der Waals surface area contributed by atoms with Crippen LogP contribution >= 0.6 is 11.8 Å². The molecule has 0 radical (unpaired) electrons. The summed E-state index contributed by atoms with van der Waals surface area (Å²) in [4.78, 5) is 1.21. The molecule has 0 N–H and O–H groups in total. The van der Waals surface area contributed by atoms with Crippen LogP contribution in [0, 0.1) is 42.2 Å². The highest BCUT2D eigenvalue weighted by Crippen LogP contribution is 2.18. The minimum absolute atomic E-state index is 0.158. The molecule has 0 spiro atoms. The van der Waals surface area contributed by atoms with Crippen molar-refractivity contribution in [2.45, 2.75) is 44.4 Å². The van der Waals surface area contributed by atoms with Crippen LogP contribution < -0.4 is 0 Å². The molecular formula is C29H26F2S. The molecule has 3 rings (SSSR count). The summed E-state index contributed by atoms with van der Waals surface area (Å²) in [6.07, 6.45) is 5.23. The third kappa shape index (κ3) is 6.49. The fraction of sp³-hybridized carbons (Fsp3) is 0.241. The van der Waals surface area contributed by atoms with Gasteiger partial charge in [-0.15, -0.1) is 11.8 Å². The van der Waals surface area contributed by atoms with Gasteiger partial charge in [-0.2, -0.15) is 0 Å². The Kier molecular flexibility index (Phi) is 8.55. The van der Waals surface area contributed by atoms with Crippen molar-refractivity contribution >= 4 is 11.8 Å². The fourth-order valence-electron chi connectivity index (χ4n) is 3.31. The molecule has 0 nitrogen and oxygen atoms in total. The minimum atomic E-state index is -0.516. The summed E-state index contributed by atoms with van der Waals surface area (Å²) >= 11 is 1.70. The van der Waals surface area contributed by atoms with E-state index in [4.69, 9.17) is 0 Å². The molecule has 0 heterocycles. The third-order valence-electron chi connectivity index (χ3n) is 5.18. The Bertz CT molecular complexity index is 1180. The summed E-state index contributed by atoms with van der Waals surface area (Å²) in [6.45, 7) is 4.05. The molecule has 0 unspecified atom stereocenters. The number of unbranched alkanes of at least 4 members (excludes halogenated alkanes) is 2. The second-order valence-corrected chi connectivity index (χ2v) is 8.51. The van der Waals surface area contributed by atoms with Gasteiger partial charge in [-0.3, -0.25) is 0 Å². The van der Waals surface area contributed by atoms with Crippen molar-refractivity contribution in [2.24, 2.45) is 0 Å². The molecule has 0 saturated carbocycles. The molecule has 0 bridgehead atoms. The van der Waals surface area contributed by atoms with Crippen LogP contribution in [0.1, 0.15) is 59.6 Å². The predicted molar refractivity (Wildman–Crippen MR) is 131 cm³/mol. The molecule has 0 saturated heterocycles. The maximum atomic E-state index is 14.3. The van der Waals surface area contributed by atoms with Gasteiger partial charge in [-0.25, -0.2) is 8.78 Å². The number of halogens is 2. The van der Waals surface area contributed by atoms with E-state index in [0.29, 0.717) is 12.0 Å². The Labute approximate surface area is 194 Å². The molecule has 0 amide bonds. The highest BCUT2D eigenvalue weighted by molar-refractivity contribution is 7.98. The quantitative estimate of drug-likeness (QED) is 0.223. The lowest BCUT2D eigenvalue weighted by Crippen LogP contribution is -1.97. The van der Waals surface area contributed by atoms with E-state index in [-0.39, 0.29) is 5.56 Å². The maximum Gasteiger partial charge on any atom is 0.130 e. The molecule has 0 fully saturated rings. The van der Waals surface area contributed by atoms with E-state index < -0.39 is 11.6 Å². The first kappa shape index (κ1) is 23.6. The molecule has 162 valence electrons. The average molecular weight is 445 g/mol. The highest BCUT2D eigenvalue weighted by atomic mass is 32.2. The van der Waals surface area contributed by atoms with Crippen molar-refractivity contribution in [3.8, 4) is 23.7 Å². The van der Waals surface area contributed by atoms with Crippen molar-refractivity contribution in [3.05, 3.63) is 99.6 Å². The SMILES string of the molecule is CCCCCc1c(F)cc(C#Cc2ccc(C#Cc3ccc(SC)cc3)c(C)c2)cc1F. The largest absolute Gasteiger partial charge is 0.207 e. The predicted octanol–water partition coefficient (Wildman–Crippen LogP) is 7.53. The summed E-state index contributed by atoms with van der Waals surface area (Å²) < 4.78 is 28.6. The lowest BCUT2D eigenvalue weighted by atomic mass is 10.0. The van der Waals surface area contributed by atoms with Crippen LogP contribution in [0.4, 0.5) is 8.78 Å². The van der Waals surface area contributed by atoms with Gasteiger partial charge in [-0.1, -0.05) is 43.4 Å². The van der Waals surface area contributed by atoms with Gasteiger partial charge in [0.05, 0.1) is 0 Å². The van der Waals surface area contributed by atoms with E-state index >= 15 is 0 Å². The number of hydrogen-bond acceptors (Lipinski definition) is 1. The molecule has 32 heavy (non-hydrogen) atoms. The summed E-state index contributed by atoms with van der Waals surface area (Å²) in [7, 11) is 0. The first-order chi connectivity index (χ1) is 15.5. The number of hydrogen-bond donors (Lipinski definition) is 0. The van der Waals surface area contributed by atoms with Gasteiger partial charge >= 0.3 is 0 Å². The lowest BCUT2D eigenvalue weighted by molar-refractivity contribution is 0.545. The van der Waals surface area contributed by atoms with Gasteiger partial charge in [-0.05, 0) is 86.2 Å². The zero-order valence-electron chi connectivity index (χ0n) is 18.7. The Morgan fingerprint density at radius 2 is 1.38 bits per heavy atom. The topological polar surface area (TPSA) is 0 Å². The van der Waals surface area contributed by atoms with Gasteiger partial charge < -0.3 is 0 Å². The molecule has 0 aliphatic carbocycles. The first-order valence-electron chi connectivity index (χ1n) is 10.8. The van der Waals surface area contributed by atoms with Crippen LogP contribution in [-0.4, -0.2) is 6.26 Å². The second-order valence-electron chi connectivity index (χ2n) is 7.63. The van der Waals surface area contributed by atoms with Crippen LogP contribution in [0.25, 0.3) is 0 Å². The summed E-state index contributed by atoms with van der Waals surface area (Å²) in [5.41, 5.74) is 4.19. The molecular weight excluding hydrogens is 418 g/mol. The van der Waals surface area contributed by atoms with Crippen molar-refractivity contribution in [2.75, 3.05) is 6.26 Å². The van der Waals surface area contributed by atoms with Crippen LogP contribution in [0.15, 0.2) is 59.5 Å². The zero-order chi connectivity index (χ0) is 22.9. The molecule has 0 aromatic heterocycles. The molecule has 3 heteroatoms. The van der Waals surface area contributed by atoms with Crippen LogP contribution in [0.3, 0.4) is 0 Å². The van der Waals surface area contributed by atoms with Gasteiger partial charge in [0.1, 0.15) is 11.6 Å². The maximum absolute atomic E-state index is 14.3. The monoisotopic (exact) mass is 444 g/mol. The first-order valence-corrected chi connectivity index (χ1v) is 12.0. The van der Waals surface area contributed by atoms with Crippen LogP contribution in [-0.2, 0) is 6.42 Å². The number of benzene rings is 3. The summed E-state index contributed by atoms with van der Waals surface area (Å²) in [5.74, 6) is 11.3. The molecule has 0 aliphatic rings. The Morgan fingerprint density at radius 1 is 0.750 bits per heavy atom. The van der Waals surface area contributed by atoms with Gasteiger partial charge in [0, 0.05) is 32.7 Å². The Hall–Kier alpha value is -3.01. The van der Waals surface area contributed by atoms with Crippen LogP contribution in [0.5, 0.6) is 0 Å². The smallest absolute Gasteiger partial charge is 0.130 e. The lowest BCUT2D eigenvalue weighted by Gasteiger charge is -2.05. The number of rotatable bonds is 5. The summed E-state index contributed by atoms with van der Waals surface area (Å²) in [6, 6.07) is 16.6. The third-order valence-corrected chi connectivity index (χ3v) is 5.92. The van der Waals surface area contributed by atoms with Crippen molar-refractivity contribution in [1.29, 1.82) is 0 Å². The van der Waals surface area contributed by atoms with Gasteiger partial charge in [0.2, 0.25) is 0 Å². The van der Waals surface area contributed by atoms with Gasteiger partial charge in [0.25, 0.3) is 0 Å². The number of aryl methyl sites for hydroxylation is 1. The van der Waals surface area contributed by atoms with E-state index in [1.807, 2.05) is 43.5 Å². The normalized spacial score (nSPS) is 10.2. The Morgan fingerprint density at radius 3 is 2.00 bits per heavy atom. The van der Waals surface area contributed by atoms with E-state index in [2.05, 4.69) is 42.7 Å². The molecule has 0 aliphatic heterocycles. The molecule has 3 aromatic rings. The standard InChI is InChI=1S/C29H26F2S/c1-4-5-6-7-27-28(30)19-24(20-29(27)31)9-8-23-11-15-25(21(2)18-23)14-10-22-12-16-26(32-3)17-13-22/h11-13,15-20H,4-7H2,1-3H3. The zero-order valence-corrected chi connectivity index (χ0v) is 19.5. The van der Waals surface area contributed by atoms with Gasteiger partial charge in [0.15, 0.2) is 0 Å². The summed E-state index contributed by atoms with van der Waals surface area (Å²) in [5, 5.41) is 0. The van der Waals surface area contributed by atoms with E-state index in [0.717, 1.165) is 41.5 Å². The molecule has 3 aromatic carbocycles. The van der Waals surface area contributed by atoms with E-state index in [1.165, 1.54) is 17.0 Å². The van der Waals surface area contributed by atoms with E-state index in [1.54, 1.807) is 11.8 Å². The van der Waals surface area contributed by atoms with Crippen LogP contribution in [0.2, 0.25) is 0 Å². The van der Waals surface area contributed by atoms with Crippen molar-refractivity contribution < 1.29 is 8.78 Å². The average Bonchev–Trinajstić information content (AvgIpc) is 2.79. The van der Waals surface area contributed by atoms with E-state index in [9.17, 15) is 8.78 Å². The fourth-order valence-corrected chi connectivity index (χ4v) is 3.71. The van der Waals surface area contributed by atoms with Crippen molar-refractivity contribution in [3.63, 3.8) is 0 Å². The second kappa shape index (κ2) is 11.6.